The van der Waals surface area contributed by atoms with Crippen LogP contribution in [0.25, 0.3) is 0 Å². The van der Waals surface area contributed by atoms with Gasteiger partial charge in [-0.05, 0) is 42.0 Å². The maximum absolute atomic E-state index is 13.3. The Labute approximate surface area is 213 Å². The number of fused-ring (bicyclic) bond motifs is 3. The van der Waals surface area contributed by atoms with Gasteiger partial charge in [0.05, 0.1) is 32.3 Å². The minimum Gasteiger partial charge on any atom is -0.493 e. The summed E-state index contributed by atoms with van der Waals surface area (Å²) in [6.07, 6.45) is 0.816. The van der Waals surface area contributed by atoms with Crippen molar-refractivity contribution >= 4 is 11.8 Å². The van der Waals surface area contributed by atoms with Crippen molar-refractivity contribution in [3.63, 3.8) is 0 Å². The van der Waals surface area contributed by atoms with Crippen LogP contribution < -0.4 is 14.8 Å². The normalized spacial score (nSPS) is 22.6. The first kappa shape index (κ1) is 28.0. The third kappa shape index (κ3) is 5.85. The number of nitrogens with zero attached hydrogens (tertiary/aromatic N) is 1. The summed E-state index contributed by atoms with van der Waals surface area (Å²) >= 11 is 0. The van der Waals surface area contributed by atoms with Crippen LogP contribution in [0.1, 0.15) is 57.6 Å². The van der Waals surface area contributed by atoms with E-state index in [9.17, 15) is 24.9 Å². The number of hydrogen-bond acceptors (Lipinski definition) is 7. The summed E-state index contributed by atoms with van der Waals surface area (Å²) in [6.45, 7) is 8.14. The first-order chi connectivity index (χ1) is 17.1. The maximum Gasteiger partial charge on any atom is 0.247 e. The number of rotatable bonds is 11. The predicted octanol–water partition coefficient (Wildman–Crippen LogP) is 1.73. The molecular formula is C27H40N2O7. The Balaban J connectivity index is 2.11. The lowest BCUT2D eigenvalue weighted by Gasteiger charge is -2.41. The molecule has 3 rings (SSSR count). The highest BCUT2D eigenvalue weighted by atomic mass is 16.5. The molecule has 1 heterocycles. The third-order valence-corrected chi connectivity index (χ3v) is 6.71. The van der Waals surface area contributed by atoms with Gasteiger partial charge in [-0.2, -0.15) is 0 Å². The van der Waals surface area contributed by atoms with Crippen molar-refractivity contribution < 1.29 is 34.4 Å². The molecule has 0 spiro atoms. The van der Waals surface area contributed by atoms with Crippen molar-refractivity contribution in [1.29, 1.82) is 0 Å². The standard InChI is InChI=1S/C27H40N2O7/c1-15(2)6-8-29(22(32)10-16(3)4)20-13-19(27(34)28-7-9-30)23-18-11-17(14-31)12-21(35-5)25(18)36-26(23)24(20)33/h11-13,15-16,20,23-24,26,30-31,33H,6-10,14H2,1-5H3,(H,28,34)/t20-,23+,24+,26+/m1/s1. The summed E-state index contributed by atoms with van der Waals surface area (Å²) in [6, 6.07) is 2.66. The lowest BCUT2D eigenvalue weighted by Crippen LogP contribution is -2.56. The van der Waals surface area contributed by atoms with Gasteiger partial charge in [0, 0.05) is 30.6 Å². The average Bonchev–Trinajstić information content (AvgIpc) is 3.22. The maximum atomic E-state index is 13.3. The highest BCUT2D eigenvalue weighted by molar-refractivity contribution is 5.96. The zero-order valence-electron chi connectivity index (χ0n) is 21.9. The van der Waals surface area contributed by atoms with Crippen LogP contribution in [0, 0.1) is 11.8 Å². The van der Waals surface area contributed by atoms with E-state index in [1.165, 1.54) is 7.11 Å². The van der Waals surface area contributed by atoms with E-state index in [1.54, 1.807) is 23.1 Å². The van der Waals surface area contributed by atoms with E-state index in [0.717, 1.165) is 6.42 Å². The fourth-order valence-corrected chi connectivity index (χ4v) is 4.92. The second-order valence-corrected chi connectivity index (χ2v) is 10.4. The molecule has 2 amide bonds. The molecule has 0 bridgehead atoms. The molecule has 9 heteroatoms. The summed E-state index contributed by atoms with van der Waals surface area (Å²) in [5.41, 5.74) is 1.58. The number of methoxy groups -OCH3 is 1. The molecule has 0 radical (unpaired) electrons. The number of hydrogen-bond donors (Lipinski definition) is 4. The number of benzene rings is 1. The summed E-state index contributed by atoms with van der Waals surface area (Å²) < 4.78 is 11.7. The zero-order valence-corrected chi connectivity index (χ0v) is 21.9. The van der Waals surface area contributed by atoms with Crippen LogP contribution in [-0.2, 0) is 16.2 Å². The van der Waals surface area contributed by atoms with Gasteiger partial charge in [0.1, 0.15) is 12.2 Å². The number of aliphatic hydroxyl groups excluding tert-OH is 3. The number of amides is 2. The lowest BCUT2D eigenvalue weighted by atomic mass is 9.77. The van der Waals surface area contributed by atoms with E-state index in [2.05, 4.69) is 19.2 Å². The molecule has 1 aliphatic heterocycles. The van der Waals surface area contributed by atoms with Gasteiger partial charge in [-0.1, -0.05) is 27.7 Å². The van der Waals surface area contributed by atoms with Crippen molar-refractivity contribution in [2.45, 2.75) is 71.3 Å². The minimum absolute atomic E-state index is 0.0673. The highest BCUT2D eigenvalue weighted by Gasteiger charge is 2.51. The zero-order chi connectivity index (χ0) is 26.6. The van der Waals surface area contributed by atoms with Crippen LogP contribution in [-0.4, -0.2) is 77.1 Å². The summed E-state index contributed by atoms with van der Waals surface area (Å²) in [5, 5.41) is 33.3. The molecule has 200 valence electrons. The van der Waals surface area contributed by atoms with Crippen molar-refractivity contribution in [3.8, 4) is 11.5 Å². The molecule has 1 aliphatic carbocycles. The first-order valence-corrected chi connectivity index (χ1v) is 12.7. The van der Waals surface area contributed by atoms with Crippen LogP contribution >= 0.6 is 0 Å². The summed E-state index contributed by atoms with van der Waals surface area (Å²) in [7, 11) is 1.49. The largest absolute Gasteiger partial charge is 0.493 e. The third-order valence-electron chi connectivity index (χ3n) is 6.71. The van der Waals surface area contributed by atoms with Gasteiger partial charge in [-0.15, -0.1) is 0 Å². The second-order valence-electron chi connectivity index (χ2n) is 10.4. The van der Waals surface area contributed by atoms with Crippen LogP contribution in [0.5, 0.6) is 11.5 Å². The topological polar surface area (TPSA) is 129 Å². The first-order valence-electron chi connectivity index (χ1n) is 12.7. The molecule has 9 nitrogen and oxygen atoms in total. The second kappa shape index (κ2) is 12.1. The molecular weight excluding hydrogens is 464 g/mol. The van der Waals surface area contributed by atoms with Gasteiger partial charge in [0.2, 0.25) is 11.8 Å². The number of aliphatic hydroxyl groups is 3. The number of carbonyl (C=O) groups is 2. The van der Waals surface area contributed by atoms with Crippen molar-refractivity contribution in [2.24, 2.45) is 11.8 Å². The Morgan fingerprint density at radius 3 is 2.47 bits per heavy atom. The Hall–Kier alpha value is -2.62. The van der Waals surface area contributed by atoms with Gasteiger partial charge in [0.15, 0.2) is 11.5 Å². The molecule has 0 saturated carbocycles. The van der Waals surface area contributed by atoms with E-state index >= 15 is 0 Å². The molecule has 4 N–H and O–H groups in total. The van der Waals surface area contributed by atoms with E-state index < -0.39 is 30.1 Å². The van der Waals surface area contributed by atoms with E-state index in [0.29, 0.717) is 47.1 Å². The smallest absolute Gasteiger partial charge is 0.247 e. The molecule has 0 saturated heterocycles. The van der Waals surface area contributed by atoms with Gasteiger partial charge in [-0.25, -0.2) is 0 Å². The Kier molecular flexibility index (Phi) is 9.38. The quantitative estimate of drug-likeness (QED) is 0.361. The Bertz CT molecular complexity index is 975. The van der Waals surface area contributed by atoms with Gasteiger partial charge in [0.25, 0.3) is 0 Å². The van der Waals surface area contributed by atoms with Crippen molar-refractivity contribution in [1.82, 2.24) is 10.2 Å². The fraction of sp³-hybridized carbons (Fsp3) is 0.630. The number of ether oxygens (including phenoxy) is 2. The molecule has 0 fully saturated rings. The summed E-state index contributed by atoms with van der Waals surface area (Å²) in [5.74, 6) is 0.174. The van der Waals surface area contributed by atoms with Crippen molar-refractivity contribution in [2.75, 3.05) is 26.8 Å². The molecule has 0 aromatic heterocycles. The lowest BCUT2D eigenvalue weighted by molar-refractivity contribution is -0.138. The molecule has 36 heavy (non-hydrogen) atoms. The van der Waals surface area contributed by atoms with Gasteiger partial charge in [-0.3, -0.25) is 9.59 Å². The number of nitrogens with one attached hydrogen (secondary N) is 1. The van der Waals surface area contributed by atoms with Gasteiger partial charge < -0.3 is 35.0 Å². The summed E-state index contributed by atoms with van der Waals surface area (Å²) in [4.78, 5) is 28.3. The molecule has 0 unspecified atom stereocenters. The SMILES string of the molecule is COc1cc(CO)cc2c1O[C@@H]1[C@@H](O)[C@H](N(CCC(C)C)C(=O)CC(C)C)C=C(C(=O)NCCO)[C@H]21. The van der Waals surface area contributed by atoms with E-state index in [1.807, 2.05) is 13.8 Å². The van der Waals surface area contributed by atoms with Crippen LogP contribution in [0.3, 0.4) is 0 Å². The van der Waals surface area contributed by atoms with Crippen LogP contribution in [0.15, 0.2) is 23.8 Å². The van der Waals surface area contributed by atoms with E-state index in [-0.39, 0.29) is 31.6 Å². The average molecular weight is 505 g/mol. The Morgan fingerprint density at radius 2 is 1.89 bits per heavy atom. The predicted molar refractivity (Wildman–Crippen MR) is 135 cm³/mol. The highest BCUT2D eigenvalue weighted by Crippen LogP contribution is 2.51. The molecule has 2 aliphatic rings. The molecule has 1 aromatic rings. The van der Waals surface area contributed by atoms with Crippen LogP contribution in [0.4, 0.5) is 0 Å². The van der Waals surface area contributed by atoms with Gasteiger partial charge >= 0.3 is 0 Å². The molecule has 4 atom stereocenters. The Morgan fingerprint density at radius 1 is 1.17 bits per heavy atom. The van der Waals surface area contributed by atoms with E-state index in [4.69, 9.17) is 9.47 Å². The van der Waals surface area contributed by atoms with Crippen molar-refractivity contribution in [3.05, 3.63) is 34.9 Å². The van der Waals surface area contributed by atoms with Crippen LogP contribution in [0.2, 0.25) is 0 Å². The minimum atomic E-state index is -1.10. The number of carbonyl (C=O) groups excluding carboxylic acids is 2. The monoisotopic (exact) mass is 504 g/mol. The fourth-order valence-electron chi connectivity index (χ4n) is 4.92. The molecule has 1 aromatic carbocycles.